The van der Waals surface area contributed by atoms with Crippen molar-refractivity contribution in [1.29, 1.82) is 0 Å². The Morgan fingerprint density at radius 1 is 1.46 bits per heavy atom. The van der Waals surface area contributed by atoms with Gasteiger partial charge >= 0.3 is 12.1 Å². The first-order chi connectivity index (χ1) is 13.0. The van der Waals surface area contributed by atoms with E-state index in [0.29, 0.717) is 17.2 Å². The zero-order valence-electron chi connectivity index (χ0n) is 16.0. The van der Waals surface area contributed by atoms with E-state index in [4.69, 9.17) is 17.3 Å². The molecule has 10 heteroatoms. The maximum Gasteiger partial charge on any atom is 0.471 e. The number of carbonyl (C=O) groups is 1. The minimum atomic E-state index is -4.97. The number of halogens is 4. The lowest BCUT2D eigenvalue weighted by Gasteiger charge is -2.44. The summed E-state index contributed by atoms with van der Waals surface area (Å²) in [6.07, 6.45) is -2.39. The van der Waals surface area contributed by atoms with Gasteiger partial charge in [0.2, 0.25) is 0 Å². The van der Waals surface area contributed by atoms with Gasteiger partial charge in [-0.25, -0.2) is 0 Å². The largest absolute Gasteiger partial charge is 0.471 e. The number of thiophene rings is 1. The molecule has 3 N–H and O–H groups in total. The molecule has 0 spiro atoms. The summed E-state index contributed by atoms with van der Waals surface area (Å²) in [7, 11) is 3.43. The minimum Gasteiger partial charge on any atom is -0.399 e. The molecule has 3 atom stereocenters. The summed E-state index contributed by atoms with van der Waals surface area (Å²) in [4.78, 5) is 15.5. The summed E-state index contributed by atoms with van der Waals surface area (Å²) in [5.41, 5.74) is 7.21. The van der Waals surface area contributed by atoms with Crippen LogP contribution in [-0.2, 0) is 11.2 Å². The van der Waals surface area contributed by atoms with Crippen LogP contribution in [0.4, 0.5) is 13.2 Å². The number of nitrogens with two attached hydrogens (primary N) is 1. The predicted octanol–water partition coefficient (Wildman–Crippen LogP) is 3.32. The minimum absolute atomic E-state index is 0.0485. The summed E-state index contributed by atoms with van der Waals surface area (Å²) in [6.45, 7) is 1.56. The average molecular weight is 440 g/mol. The number of carbonyl (C=O) groups excluding carboxylic acids is 1. The highest BCUT2D eigenvalue weighted by Gasteiger charge is 2.49. The van der Waals surface area contributed by atoms with Gasteiger partial charge in [-0.2, -0.15) is 13.2 Å². The standard InChI is InChI=1S/C18H25ClF3N3O2S/c1-10-6-12(16-11(4-5-26)8-15(19)28-16)7-14(13(23)9-24(2)3)25(10)17(27)18(20,21)22/h8-10,12,14,26H,4-7,23H2,1-3H3/b13-9-. The van der Waals surface area contributed by atoms with Crippen LogP contribution in [0.2, 0.25) is 4.34 Å². The first-order valence-corrected chi connectivity index (χ1v) is 10.1. The van der Waals surface area contributed by atoms with Crippen molar-refractivity contribution in [1.82, 2.24) is 9.80 Å². The topological polar surface area (TPSA) is 69.8 Å². The maximum absolute atomic E-state index is 13.2. The summed E-state index contributed by atoms with van der Waals surface area (Å²) in [5.74, 6) is -1.98. The average Bonchev–Trinajstić information content (AvgIpc) is 2.93. The number of aliphatic hydroxyl groups is 1. The normalized spacial score (nSPS) is 23.8. The van der Waals surface area contributed by atoms with Crippen molar-refractivity contribution in [3.63, 3.8) is 0 Å². The number of hydrogen-bond acceptors (Lipinski definition) is 5. The second-order valence-corrected chi connectivity index (χ2v) is 8.96. The van der Waals surface area contributed by atoms with Crippen LogP contribution in [0.25, 0.3) is 0 Å². The predicted molar refractivity (Wildman–Crippen MR) is 104 cm³/mol. The maximum atomic E-state index is 13.2. The van der Waals surface area contributed by atoms with E-state index in [1.54, 1.807) is 32.0 Å². The van der Waals surface area contributed by atoms with Crippen molar-refractivity contribution in [3.8, 4) is 0 Å². The van der Waals surface area contributed by atoms with Gasteiger partial charge in [0.25, 0.3) is 0 Å². The van der Waals surface area contributed by atoms with Crippen molar-refractivity contribution < 1.29 is 23.1 Å². The molecule has 1 aromatic rings. The third kappa shape index (κ3) is 5.12. The molecule has 0 aromatic carbocycles. The van der Waals surface area contributed by atoms with Crippen LogP contribution in [-0.4, -0.2) is 59.8 Å². The van der Waals surface area contributed by atoms with Crippen LogP contribution in [0, 0.1) is 0 Å². The highest BCUT2D eigenvalue weighted by Crippen LogP contribution is 2.43. The van der Waals surface area contributed by atoms with Crippen LogP contribution in [0.1, 0.15) is 36.1 Å². The third-order valence-corrected chi connectivity index (χ3v) is 6.25. The summed E-state index contributed by atoms with van der Waals surface area (Å²) in [6, 6.07) is 0.243. The van der Waals surface area contributed by atoms with E-state index < -0.39 is 24.2 Å². The number of aliphatic hydroxyl groups excluding tert-OH is 1. The fourth-order valence-corrected chi connectivity index (χ4v) is 5.21. The van der Waals surface area contributed by atoms with E-state index in [0.717, 1.165) is 15.3 Å². The summed E-state index contributed by atoms with van der Waals surface area (Å²) < 4.78 is 40.1. The van der Waals surface area contributed by atoms with Gasteiger partial charge in [-0.3, -0.25) is 4.79 Å². The second kappa shape index (κ2) is 8.92. The first kappa shape index (κ1) is 22.8. The molecule has 1 fully saturated rings. The summed E-state index contributed by atoms with van der Waals surface area (Å²) in [5, 5.41) is 9.30. The molecule has 0 saturated carbocycles. The molecule has 1 aromatic heterocycles. The Morgan fingerprint density at radius 2 is 2.11 bits per heavy atom. The summed E-state index contributed by atoms with van der Waals surface area (Å²) >= 11 is 7.51. The van der Waals surface area contributed by atoms with Gasteiger partial charge in [0.05, 0.1) is 10.4 Å². The van der Waals surface area contributed by atoms with Gasteiger partial charge < -0.3 is 20.6 Å². The molecule has 1 aliphatic heterocycles. The molecule has 158 valence electrons. The van der Waals surface area contributed by atoms with E-state index in [9.17, 15) is 23.1 Å². The highest BCUT2D eigenvalue weighted by molar-refractivity contribution is 7.16. The number of likely N-dealkylation sites (tertiary alicyclic amines) is 1. The van der Waals surface area contributed by atoms with E-state index in [-0.39, 0.29) is 24.6 Å². The molecule has 3 unspecified atom stereocenters. The van der Waals surface area contributed by atoms with Gasteiger partial charge in [0.1, 0.15) is 0 Å². The van der Waals surface area contributed by atoms with Gasteiger partial charge in [0.15, 0.2) is 0 Å². The Balaban J connectivity index is 2.43. The van der Waals surface area contributed by atoms with Gasteiger partial charge in [-0.1, -0.05) is 11.6 Å². The smallest absolute Gasteiger partial charge is 0.399 e. The van der Waals surface area contributed by atoms with Crippen molar-refractivity contribution in [3.05, 3.63) is 32.7 Å². The fourth-order valence-electron chi connectivity index (χ4n) is 3.76. The van der Waals surface area contributed by atoms with Crippen molar-refractivity contribution in [2.75, 3.05) is 20.7 Å². The molecule has 28 heavy (non-hydrogen) atoms. The van der Waals surface area contributed by atoms with E-state index in [1.165, 1.54) is 17.5 Å². The zero-order valence-corrected chi connectivity index (χ0v) is 17.5. The van der Waals surface area contributed by atoms with Crippen LogP contribution in [0.3, 0.4) is 0 Å². The first-order valence-electron chi connectivity index (χ1n) is 8.87. The SMILES string of the molecule is CC1CC(c2sc(Cl)cc2CCO)CC(/C(N)=C/N(C)C)N1C(=O)C(F)(F)F. The van der Waals surface area contributed by atoms with E-state index >= 15 is 0 Å². The lowest BCUT2D eigenvalue weighted by atomic mass is 9.83. The highest BCUT2D eigenvalue weighted by atomic mass is 35.5. The Morgan fingerprint density at radius 3 is 2.64 bits per heavy atom. The van der Waals surface area contributed by atoms with Gasteiger partial charge in [0, 0.05) is 43.5 Å². The van der Waals surface area contributed by atoms with Crippen molar-refractivity contribution in [2.45, 2.75) is 50.4 Å². The molecule has 5 nitrogen and oxygen atoms in total. The zero-order chi connectivity index (χ0) is 21.2. The molecule has 1 aliphatic rings. The van der Waals surface area contributed by atoms with Crippen molar-refractivity contribution in [2.24, 2.45) is 5.73 Å². The Labute approximate surface area is 171 Å². The van der Waals surface area contributed by atoms with E-state index in [1.807, 2.05) is 0 Å². The number of amides is 1. The number of rotatable bonds is 5. The van der Waals surface area contributed by atoms with Crippen LogP contribution >= 0.6 is 22.9 Å². The quantitative estimate of drug-likeness (QED) is 0.738. The Hall–Kier alpha value is -1.45. The molecule has 0 radical (unpaired) electrons. The molecule has 1 saturated heterocycles. The molecule has 0 aliphatic carbocycles. The lowest BCUT2D eigenvalue weighted by molar-refractivity contribution is -0.191. The number of nitrogens with zero attached hydrogens (tertiary/aromatic N) is 2. The number of alkyl halides is 3. The molecule has 0 bridgehead atoms. The van der Waals surface area contributed by atoms with Gasteiger partial charge in [-0.15, -0.1) is 11.3 Å². The fraction of sp³-hybridized carbons (Fsp3) is 0.611. The third-order valence-electron chi connectivity index (χ3n) is 4.78. The van der Waals surface area contributed by atoms with Crippen molar-refractivity contribution >= 4 is 28.8 Å². The molecule has 1 amide bonds. The van der Waals surface area contributed by atoms with E-state index in [2.05, 4.69) is 0 Å². The van der Waals surface area contributed by atoms with Crippen LogP contribution in [0.5, 0.6) is 0 Å². The Bertz CT molecular complexity index is 736. The van der Waals surface area contributed by atoms with Crippen LogP contribution in [0.15, 0.2) is 18.0 Å². The van der Waals surface area contributed by atoms with Gasteiger partial charge in [-0.05, 0) is 43.7 Å². The number of hydrogen-bond donors (Lipinski definition) is 2. The number of piperidine rings is 1. The second-order valence-electron chi connectivity index (χ2n) is 7.25. The Kier molecular flexibility index (Phi) is 7.27. The monoisotopic (exact) mass is 439 g/mol. The van der Waals surface area contributed by atoms with Crippen LogP contribution < -0.4 is 5.73 Å². The lowest BCUT2D eigenvalue weighted by Crippen LogP contribution is -2.56. The molecular weight excluding hydrogens is 415 g/mol. The molecule has 2 rings (SSSR count). The molecular formula is C18H25ClF3N3O2S. The molecule has 2 heterocycles.